The van der Waals surface area contributed by atoms with Crippen LogP contribution >= 0.6 is 12.2 Å². The van der Waals surface area contributed by atoms with Crippen LogP contribution in [-0.2, 0) is 4.79 Å². The summed E-state index contributed by atoms with van der Waals surface area (Å²) in [6.45, 7) is 7.10. The highest BCUT2D eigenvalue weighted by atomic mass is 32.1. The molecule has 0 radical (unpaired) electrons. The lowest BCUT2D eigenvalue weighted by atomic mass is 10.0. The standard InChI is InChI=1S/C21H25N3OS/c1-14-9-10-15(2)19(12-14)16(3)22-21(26)23-17-6-4-7-18(13-17)24-11-5-8-20(24)25/h4,6-7,9-10,12-13,16H,5,8,11H2,1-3H3,(H2,22,23,26)/t16-/m0/s1. The monoisotopic (exact) mass is 367 g/mol. The van der Waals surface area contributed by atoms with Crippen LogP contribution < -0.4 is 15.5 Å². The van der Waals surface area contributed by atoms with Crippen molar-refractivity contribution >= 4 is 34.6 Å². The summed E-state index contributed by atoms with van der Waals surface area (Å²) in [5.41, 5.74) is 5.52. The molecule has 0 bridgehead atoms. The summed E-state index contributed by atoms with van der Waals surface area (Å²) in [5.74, 6) is 0.186. The second-order valence-corrected chi connectivity index (χ2v) is 7.29. The van der Waals surface area contributed by atoms with Crippen LogP contribution in [0, 0.1) is 13.8 Å². The van der Waals surface area contributed by atoms with Gasteiger partial charge in [0.2, 0.25) is 5.91 Å². The Morgan fingerprint density at radius 3 is 2.73 bits per heavy atom. The molecule has 0 aromatic heterocycles. The molecule has 1 atom stereocenters. The molecule has 0 unspecified atom stereocenters. The molecule has 2 N–H and O–H groups in total. The van der Waals surface area contributed by atoms with Gasteiger partial charge in [-0.3, -0.25) is 4.79 Å². The van der Waals surface area contributed by atoms with E-state index in [0.717, 1.165) is 24.3 Å². The first-order chi connectivity index (χ1) is 12.4. The zero-order valence-electron chi connectivity index (χ0n) is 15.5. The number of benzene rings is 2. The Morgan fingerprint density at radius 2 is 2.00 bits per heavy atom. The fourth-order valence-corrected chi connectivity index (χ4v) is 3.64. The second kappa shape index (κ2) is 7.87. The summed E-state index contributed by atoms with van der Waals surface area (Å²) in [7, 11) is 0. The van der Waals surface area contributed by atoms with Crippen molar-refractivity contribution in [3.8, 4) is 0 Å². The SMILES string of the molecule is Cc1ccc(C)c([C@H](C)NC(=S)Nc2cccc(N3CCCC3=O)c2)c1. The number of amides is 1. The van der Waals surface area contributed by atoms with E-state index in [2.05, 4.69) is 49.6 Å². The van der Waals surface area contributed by atoms with Gasteiger partial charge in [0.15, 0.2) is 5.11 Å². The van der Waals surface area contributed by atoms with Gasteiger partial charge in [0.1, 0.15) is 0 Å². The number of aryl methyl sites for hydroxylation is 2. The summed E-state index contributed by atoms with van der Waals surface area (Å²) in [6.07, 6.45) is 1.55. The van der Waals surface area contributed by atoms with Crippen LogP contribution in [0.4, 0.5) is 11.4 Å². The van der Waals surface area contributed by atoms with E-state index < -0.39 is 0 Å². The van der Waals surface area contributed by atoms with Crippen LogP contribution in [-0.4, -0.2) is 17.6 Å². The Bertz CT molecular complexity index is 834. The number of hydrogen-bond acceptors (Lipinski definition) is 2. The molecule has 136 valence electrons. The van der Waals surface area contributed by atoms with E-state index in [0.29, 0.717) is 11.5 Å². The van der Waals surface area contributed by atoms with Gasteiger partial charge in [-0.25, -0.2) is 0 Å². The Balaban J connectivity index is 1.66. The van der Waals surface area contributed by atoms with E-state index in [-0.39, 0.29) is 11.9 Å². The molecule has 3 rings (SSSR count). The van der Waals surface area contributed by atoms with Crippen molar-refractivity contribution in [1.82, 2.24) is 5.32 Å². The number of nitrogens with zero attached hydrogens (tertiary/aromatic N) is 1. The zero-order valence-corrected chi connectivity index (χ0v) is 16.3. The van der Waals surface area contributed by atoms with E-state index in [1.165, 1.54) is 16.7 Å². The Kier molecular flexibility index (Phi) is 5.57. The van der Waals surface area contributed by atoms with Gasteiger partial charge in [-0.1, -0.05) is 29.8 Å². The Hall–Kier alpha value is -2.40. The first-order valence-corrected chi connectivity index (χ1v) is 9.40. The molecule has 1 fully saturated rings. The van der Waals surface area contributed by atoms with Crippen molar-refractivity contribution < 1.29 is 4.79 Å². The average Bonchev–Trinajstić information content (AvgIpc) is 3.03. The maximum absolute atomic E-state index is 11.9. The van der Waals surface area contributed by atoms with Gasteiger partial charge in [0.25, 0.3) is 0 Å². The molecule has 0 spiro atoms. The summed E-state index contributed by atoms with van der Waals surface area (Å²) in [4.78, 5) is 13.8. The molecule has 1 aliphatic rings. The lowest BCUT2D eigenvalue weighted by Crippen LogP contribution is -2.31. The van der Waals surface area contributed by atoms with E-state index in [9.17, 15) is 4.79 Å². The van der Waals surface area contributed by atoms with Crippen molar-refractivity contribution in [2.75, 3.05) is 16.8 Å². The van der Waals surface area contributed by atoms with E-state index in [1.54, 1.807) is 0 Å². The highest BCUT2D eigenvalue weighted by molar-refractivity contribution is 7.80. The van der Waals surface area contributed by atoms with Crippen LogP contribution in [0.3, 0.4) is 0 Å². The lowest BCUT2D eigenvalue weighted by molar-refractivity contribution is -0.117. The van der Waals surface area contributed by atoms with Gasteiger partial charge >= 0.3 is 0 Å². The number of nitrogens with one attached hydrogen (secondary N) is 2. The van der Waals surface area contributed by atoms with Gasteiger partial charge in [-0.05, 0) is 68.7 Å². The molecular formula is C21H25N3OS. The molecule has 2 aromatic rings. The highest BCUT2D eigenvalue weighted by Crippen LogP contribution is 2.24. The minimum absolute atomic E-state index is 0.109. The van der Waals surface area contributed by atoms with Crippen molar-refractivity contribution in [2.45, 2.75) is 39.7 Å². The number of carbonyl (C=O) groups excluding carboxylic acids is 1. The third kappa shape index (κ3) is 4.22. The molecule has 5 heteroatoms. The van der Waals surface area contributed by atoms with E-state index in [4.69, 9.17) is 12.2 Å². The van der Waals surface area contributed by atoms with Crippen LogP contribution in [0.25, 0.3) is 0 Å². The second-order valence-electron chi connectivity index (χ2n) is 6.88. The fraction of sp³-hybridized carbons (Fsp3) is 0.333. The van der Waals surface area contributed by atoms with Crippen LogP contribution in [0.15, 0.2) is 42.5 Å². The number of thiocarbonyl (C=S) groups is 1. The number of rotatable bonds is 4. The normalized spacial score (nSPS) is 15.0. The van der Waals surface area contributed by atoms with Crippen molar-refractivity contribution in [1.29, 1.82) is 0 Å². The predicted molar refractivity (Wildman–Crippen MR) is 112 cm³/mol. The van der Waals surface area contributed by atoms with Gasteiger partial charge in [0.05, 0.1) is 6.04 Å². The van der Waals surface area contributed by atoms with Gasteiger partial charge in [-0.15, -0.1) is 0 Å². The van der Waals surface area contributed by atoms with Crippen LogP contribution in [0.1, 0.15) is 42.5 Å². The third-order valence-corrected chi connectivity index (χ3v) is 4.96. The van der Waals surface area contributed by atoms with Crippen molar-refractivity contribution in [3.05, 3.63) is 59.2 Å². The minimum atomic E-state index is 0.109. The van der Waals surface area contributed by atoms with Crippen molar-refractivity contribution in [2.24, 2.45) is 0 Å². The summed E-state index contributed by atoms with van der Waals surface area (Å²) in [6, 6.07) is 14.4. The van der Waals surface area contributed by atoms with E-state index in [1.807, 2.05) is 29.2 Å². The number of hydrogen-bond donors (Lipinski definition) is 2. The molecule has 4 nitrogen and oxygen atoms in total. The summed E-state index contributed by atoms with van der Waals surface area (Å²) < 4.78 is 0. The quantitative estimate of drug-likeness (QED) is 0.782. The first kappa shape index (κ1) is 18.4. The maximum atomic E-state index is 11.9. The zero-order chi connectivity index (χ0) is 18.7. The topological polar surface area (TPSA) is 44.4 Å². The highest BCUT2D eigenvalue weighted by Gasteiger charge is 2.21. The molecule has 2 aromatic carbocycles. The smallest absolute Gasteiger partial charge is 0.227 e. The lowest BCUT2D eigenvalue weighted by Gasteiger charge is -2.21. The maximum Gasteiger partial charge on any atom is 0.227 e. The van der Waals surface area contributed by atoms with E-state index >= 15 is 0 Å². The Labute approximate surface area is 160 Å². The molecule has 26 heavy (non-hydrogen) atoms. The molecular weight excluding hydrogens is 342 g/mol. The predicted octanol–water partition coefficient (Wildman–Crippen LogP) is 4.48. The molecule has 0 saturated carbocycles. The minimum Gasteiger partial charge on any atom is -0.356 e. The number of carbonyl (C=O) groups is 1. The van der Waals surface area contributed by atoms with Crippen LogP contribution in [0.2, 0.25) is 0 Å². The van der Waals surface area contributed by atoms with Gasteiger partial charge in [0, 0.05) is 24.3 Å². The van der Waals surface area contributed by atoms with Crippen molar-refractivity contribution in [3.63, 3.8) is 0 Å². The number of anilines is 2. The first-order valence-electron chi connectivity index (χ1n) is 8.99. The molecule has 0 aliphatic carbocycles. The molecule has 1 heterocycles. The summed E-state index contributed by atoms with van der Waals surface area (Å²) >= 11 is 5.49. The fourth-order valence-electron chi connectivity index (χ4n) is 3.34. The summed E-state index contributed by atoms with van der Waals surface area (Å²) in [5, 5.41) is 7.16. The largest absolute Gasteiger partial charge is 0.356 e. The molecule has 1 saturated heterocycles. The van der Waals surface area contributed by atoms with Gasteiger partial charge < -0.3 is 15.5 Å². The Morgan fingerprint density at radius 1 is 1.19 bits per heavy atom. The third-order valence-electron chi connectivity index (χ3n) is 4.74. The average molecular weight is 368 g/mol. The molecule has 1 amide bonds. The molecule has 1 aliphatic heterocycles. The van der Waals surface area contributed by atoms with Gasteiger partial charge in [-0.2, -0.15) is 0 Å². The van der Waals surface area contributed by atoms with Crippen LogP contribution in [0.5, 0.6) is 0 Å².